The molecular weight excluding hydrogens is 306 g/mol. The Morgan fingerprint density at radius 2 is 1.38 bits per heavy atom. The van der Waals surface area contributed by atoms with Gasteiger partial charge < -0.3 is 4.74 Å². The van der Waals surface area contributed by atoms with Gasteiger partial charge in [-0.3, -0.25) is 9.59 Å². The lowest BCUT2D eigenvalue weighted by Gasteiger charge is -2.20. The maximum absolute atomic E-state index is 12.4. The number of carbonyl (C=O) groups is 3. The highest BCUT2D eigenvalue weighted by molar-refractivity contribution is 6.34. The summed E-state index contributed by atoms with van der Waals surface area (Å²) in [6.07, 6.45) is 0. The quantitative estimate of drug-likeness (QED) is 0.627. The first-order chi connectivity index (χ1) is 11.3. The topological polar surface area (TPSA) is 63.7 Å². The van der Waals surface area contributed by atoms with Crippen LogP contribution in [0.15, 0.2) is 48.5 Å². The van der Waals surface area contributed by atoms with E-state index in [0.29, 0.717) is 22.4 Å². The zero-order chi connectivity index (χ0) is 17.5. The molecule has 0 atom stereocenters. The van der Waals surface area contributed by atoms with Crippen LogP contribution in [0.2, 0.25) is 0 Å². The van der Waals surface area contributed by atoms with Crippen molar-refractivity contribution in [3.8, 4) is 0 Å². The Balaban J connectivity index is 1.86. The van der Waals surface area contributed by atoms with Gasteiger partial charge in [0.1, 0.15) is 5.60 Å². The summed E-state index contributed by atoms with van der Waals surface area (Å²) in [7, 11) is 0. The second-order valence-electron chi connectivity index (χ2n) is 6.54. The van der Waals surface area contributed by atoms with Crippen LogP contribution >= 0.6 is 0 Å². The van der Waals surface area contributed by atoms with Crippen molar-refractivity contribution >= 4 is 23.5 Å². The second kappa shape index (κ2) is 5.60. The van der Waals surface area contributed by atoms with Gasteiger partial charge in [-0.15, -0.1) is 0 Å². The maximum Gasteiger partial charge on any atom is 0.338 e. The molecule has 0 unspecified atom stereocenters. The number of hydrogen-bond donors (Lipinski definition) is 0. The van der Waals surface area contributed by atoms with Crippen LogP contribution in [0, 0.1) is 0 Å². The SMILES string of the molecule is CC(C)(C)OC(=O)c1ccc(N2C(=O)c3ccccc3C2=O)cc1. The predicted molar refractivity (Wildman–Crippen MR) is 89.2 cm³/mol. The van der Waals surface area contributed by atoms with Gasteiger partial charge in [0.2, 0.25) is 0 Å². The van der Waals surface area contributed by atoms with Crippen LogP contribution in [-0.4, -0.2) is 23.4 Å². The monoisotopic (exact) mass is 323 g/mol. The van der Waals surface area contributed by atoms with Gasteiger partial charge >= 0.3 is 5.97 Å². The minimum Gasteiger partial charge on any atom is -0.456 e. The highest BCUT2D eigenvalue weighted by atomic mass is 16.6. The van der Waals surface area contributed by atoms with Crippen LogP contribution in [-0.2, 0) is 4.74 Å². The van der Waals surface area contributed by atoms with E-state index in [1.807, 2.05) is 0 Å². The molecule has 5 heteroatoms. The Morgan fingerprint density at radius 1 is 0.875 bits per heavy atom. The lowest BCUT2D eigenvalue weighted by Crippen LogP contribution is -2.29. The van der Waals surface area contributed by atoms with E-state index in [2.05, 4.69) is 0 Å². The number of rotatable bonds is 2. The number of esters is 1. The molecule has 1 aliphatic heterocycles. The summed E-state index contributed by atoms with van der Waals surface area (Å²) in [5, 5.41) is 0. The minimum atomic E-state index is -0.585. The number of amides is 2. The number of fused-ring (bicyclic) bond motifs is 1. The van der Waals surface area contributed by atoms with Crippen LogP contribution in [0.5, 0.6) is 0 Å². The molecule has 1 heterocycles. The minimum absolute atomic E-state index is 0.361. The highest BCUT2D eigenvalue weighted by Gasteiger charge is 2.36. The molecule has 0 saturated carbocycles. The van der Waals surface area contributed by atoms with Gasteiger partial charge in [-0.1, -0.05) is 12.1 Å². The summed E-state index contributed by atoms with van der Waals surface area (Å²) in [5.41, 5.74) is 0.981. The molecule has 0 fully saturated rings. The summed E-state index contributed by atoms with van der Waals surface area (Å²) in [6.45, 7) is 5.37. The number of anilines is 1. The van der Waals surface area contributed by atoms with Crippen molar-refractivity contribution in [1.29, 1.82) is 0 Å². The molecule has 2 amide bonds. The maximum atomic E-state index is 12.4. The van der Waals surface area contributed by atoms with E-state index in [1.54, 1.807) is 69.3 Å². The van der Waals surface area contributed by atoms with Crippen LogP contribution in [0.25, 0.3) is 0 Å². The van der Waals surface area contributed by atoms with Crippen molar-refractivity contribution in [2.45, 2.75) is 26.4 Å². The van der Waals surface area contributed by atoms with Crippen LogP contribution < -0.4 is 4.90 Å². The fourth-order valence-corrected chi connectivity index (χ4v) is 2.51. The van der Waals surface area contributed by atoms with Crippen molar-refractivity contribution in [2.24, 2.45) is 0 Å². The van der Waals surface area contributed by atoms with Gasteiger partial charge in [-0.05, 0) is 57.2 Å². The molecular formula is C19H17NO4. The van der Waals surface area contributed by atoms with Crippen molar-refractivity contribution in [1.82, 2.24) is 0 Å². The molecule has 0 spiro atoms. The average Bonchev–Trinajstić information content (AvgIpc) is 2.78. The van der Waals surface area contributed by atoms with E-state index in [9.17, 15) is 14.4 Å². The van der Waals surface area contributed by atoms with Crippen LogP contribution in [0.1, 0.15) is 51.8 Å². The van der Waals surface area contributed by atoms with E-state index in [0.717, 1.165) is 4.90 Å². The third-order valence-corrected chi connectivity index (χ3v) is 3.55. The normalized spacial score (nSPS) is 13.9. The van der Waals surface area contributed by atoms with Gasteiger partial charge in [-0.2, -0.15) is 0 Å². The van der Waals surface area contributed by atoms with Gasteiger partial charge in [0.25, 0.3) is 11.8 Å². The van der Waals surface area contributed by atoms with E-state index < -0.39 is 11.6 Å². The van der Waals surface area contributed by atoms with Gasteiger partial charge in [0.05, 0.1) is 22.4 Å². The molecule has 1 aliphatic rings. The Hall–Kier alpha value is -2.95. The molecule has 0 aromatic heterocycles. The standard InChI is InChI=1S/C19H17NO4/c1-19(2,3)24-18(23)12-8-10-13(11-9-12)20-16(21)14-6-4-5-7-15(14)17(20)22/h4-11H,1-3H3. The summed E-state index contributed by atoms with van der Waals surface area (Å²) >= 11 is 0. The number of ether oxygens (including phenoxy) is 1. The molecule has 0 saturated heterocycles. The number of carbonyl (C=O) groups excluding carboxylic acids is 3. The smallest absolute Gasteiger partial charge is 0.338 e. The largest absolute Gasteiger partial charge is 0.456 e. The molecule has 3 rings (SSSR count). The zero-order valence-corrected chi connectivity index (χ0v) is 13.7. The van der Waals surface area contributed by atoms with Crippen molar-refractivity contribution in [2.75, 3.05) is 4.90 Å². The lowest BCUT2D eigenvalue weighted by atomic mass is 10.1. The second-order valence-corrected chi connectivity index (χ2v) is 6.54. The van der Waals surface area contributed by atoms with Crippen molar-refractivity contribution in [3.63, 3.8) is 0 Å². The summed E-state index contributed by atoms with van der Waals surface area (Å²) < 4.78 is 5.30. The molecule has 5 nitrogen and oxygen atoms in total. The molecule has 0 radical (unpaired) electrons. The van der Waals surface area contributed by atoms with Crippen LogP contribution in [0.4, 0.5) is 5.69 Å². The summed E-state index contributed by atoms with van der Waals surface area (Å²) in [6, 6.07) is 12.9. The first kappa shape index (κ1) is 15.9. The third-order valence-electron chi connectivity index (χ3n) is 3.55. The van der Waals surface area contributed by atoms with Gasteiger partial charge in [-0.25, -0.2) is 9.69 Å². The molecule has 24 heavy (non-hydrogen) atoms. The van der Waals surface area contributed by atoms with Crippen LogP contribution in [0.3, 0.4) is 0 Å². The molecule has 0 bridgehead atoms. The van der Waals surface area contributed by atoms with Gasteiger partial charge in [0, 0.05) is 0 Å². The predicted octanol–water partition coefficient (Wildman–Crippen LogP) is 3.44. The van der Waals surface area contributed by atoms with E-state index in [1.165, 1.54) is 0 Å². The first-order valence-electron chi connectivity index (χ1n) is 7.59. The fourth-order valence-electron chi connectivity index (χ4n) is 2.51. The molecule has 0 N–H and O–H groups in total. The molecule has 2 aromatic rings. The number of benzene rings is 2. The first-order valence-corrected chi connectivity index (χ1v) is 7.59. The molecule has 0 aliphatic carbocycles. The third kappa shape index (κ3) is 2.80. The van der Waals surface area contributed by atoms with Crippen molar-refractivity contribution < 1.29 is 19.1 Å². The van der Waals surface area contributed by atoms with E-state index in [4.69, 9.17) is 4.74 Å². The number of hydrogen-bond acceptors (Lipinski definition) is 4. The van der Waals surface area contributed by atoms with Crippen molar-refractivity contribution in [3.05, 3.63) is 65.2 Å². The Labute approximate surface area is 139 Å². The Bertz CT molecular complexity index is 796. The lowest BCUT2D eigenvalue weighted by molar-refractivity contribution is 0.00694. The van der Waals surface area contributed by atoms with Gasteiger partial charge in [0.15, 0.2) is 0 Å². The summed E-state index contributed by atoms with van der Waals surface area (Å²) in [5.74, 6) is -1.17. The number of imide groups is 1. The summed E-state index contributed by atoms with van der Waals surface area (Å²) in [4.78, 5) is 38.0. The highest BCUT2D eigenvalue weighted by Crippen LogP contribution is 2.28. The average molecular weight is 323 g/mol. The number of nitrogens with zero attached hydrogens (tertiary/aromatic N) is 1. The van der Waals surface area contributed by atoms with E-state index in [-0.39, 0.29) is 11.8 Å². The Kier molecular flexibility index (Phi) is 3.72. The molecule has 122 valence electrons. The Morgan fingerprint density at radius 3 is 1.83 bits per heavy atom. The fraction of sp³-hybridized carbons (Fsp3) is 0.211. The molecule has 2 aromatic carbocycles. The van der Waals surface area contributed by atoms with E-state index >= 15 is 0 Å². The zero-order valence-electron chi connectivity index (χ0n) is 13.7.